The highest BCUT2D eigenvalue weighted by molar-refractivity contribution is 6.23. The number of aliphatic hydroxyl groups is 2. The van der Waals surface area contributed by atoms with Crippen LogP contribution in [0.5, 0.6) is 17.2 Å². The molecule has 0 unspecified atom stereocenters. The second-order valence-electron chi connectivity index (χ2n) is 13.4. The maximum atomic E-state index is 14.0. The van der Waals surface area contributed by atoms with Crippen LogP contribution in [-0.2, 0) is 19.0 Å². The second kappa shape index (κ2) is 13.5. The Labute approximate surface area is 284 Å². The molecule has 2 aliphatic rings. The van der Waals surface area contributed by atoms with Crippen molar-refractivity contribution >= 4 is 39.2 Å². The number of Topliss-reactive ketones (excluding diaryl/α,β-unsaturated/α-hetero) is 1. The molecule has 264 valence electrons. The van der Waals surface area contributed by atoms with E-state index in [1.54, 1.807) is 58.9 Å². The number of phenolic OH excluding ortho intramolecular Hbond substituents is 2. The molecule has 9 atom stereocenters. The molecule has 0 aliphatic carbocycles. The van der Waals surface area contributed by atoms with Gasteiger partial charge in [-0.2, -0.15) is 0 Å². The Hall–Kier alpha value is -4.39. The van der Waals surface area contributed by atoms with Gasteiger partial charge in [0.2, 0.25) is 5.89 Å². The largest absolute Gasteiger partial charge is 0.507 e. The van der Waals surface area contributed by atoms with Gasteiger partial charge in [0.15, 0.2) is 5.58 Å². The number of aromatic hydroxyl groups is 2. The first kappa shape index (κ1) is 35.9. The number of esters is 1. The number of aliphatic hydroxyl groups excluding tert-OH is 2. The van der Waals surface area contributed by atoms with Crippen LogP contribution < -0.4 is 4.74 Å². The lowest BCUT2D eigenvalue weighted by molar-refractivity contribution is -0.160. The van der Waals surface area contributed by atoms with Crippen molar-refractivity contribution in [1.29, 1.82) is 0 Å². The first-order chi connectivity index (χ1) is 23.0. The molecule has 0 spiro atoms. The number of carbonyl (C=O) groups excluding carboxylic acids is 2. The number of hydrogen-bond donors (Lipinski definition) is 4. The number of ether oxygens (including phenoxy) is 4. The Morgan fingerprint density at radius 2 is 1.69 bits per heavy atom. The summed E-state index contributed by atoms with van der Waals surface area (Å²) in [7, 11) is 1.46. The highest BCUT2D eigenvalue weighted by Gasteiger charge is 2.49. The van der Waals surface area contributed by atoms with Gasteiger partial charge < -0.3 is 43.8 Å². The smallest absolute Gasteiger partial charge is 0.312 e. The van der Waals surface area contributed by atoms with Gasteiger partial charge >= 0.3 is 11.8 Å². The van der Waals surface area contributed by atoms with Crippen LogP contribution in [0.2, 0.25) is 0 Å². The van der Waals surface area contributed by atoms with Gasteiger partial charge in [-0.15, -0.1) is 0 Å². The minimum Gasteiger partial charge on any atom is -0.507 e. The van der Waals surface area contributed by atoms with Gasteiger partial charge in [-0.3, -0.25) is 9.59 Å². The Morgan fingerprint density at radius 1 is 1.00 bits per heavy atom. The number of hydrogen-bond acceptors (Lipinski definition) is 12. The van der Waals surface area contributed by atoms with E-state index in [4.69, 9.17) is 23.4 Å². The van der Waals surface area contributed by atoms with Crippen LogP contribution in [0.15, 0.2) is 41.0 Å². The van der Waals surface area contributed by atoms with Gasteiger partial charge in [0.25, 0.3) is 5.78 Å². The SMILES string of the molecule is CO[C@@H]1C=CO[C@@]2(C)Oc3c(C)c(O)c4c(c(O)cc5nc(oc54)C(C)=CC=C[C@H](C)[C@H](O)[C@H](C)[C@H](O)[C@H](C)[C@H](OC(C)=O)[C@@H]1C)c3C2=O. The zero-order valence-electron chi connectivity index (χ0n) is 29.2. The number of rotatable bonds is 2. The maximum absolute atomic E-state index is 14.0. The molecule has 4 N–H and O–H groups in total. The zero-order chi connectivity index (χ0) is 36.1. The van der Waals surface area contributed by atoms with Gasteiger partial charge in [-0.05, 0) is 19.9 Å². The van der Waals surface area contributed by atoms with E-state index in [0.29, 0.717) is 5.57 Å². The van der Waals surface area contributed by atoms with E-state index in [1.165, 1.54) is 33.3 Å². The number of allylic oxidation sites excluding steroid dienone is 3. The van der Waals surface area contributed by atoms with Crippen molar-refractivity contribution < 1.29 is 53.4 Å². The van der Waals surface area contributed by atoms with Crippen molar-refractivity contribution in [2.24, 2.45) is 23.7 Å². The summed E-state index contributed by atoms with van der Waals surface area (Å²) < 4.78 is 29.6. The summed E-state index contributed by atoms with van der Waals surface area (Å²) in [6.07, 6.45) is 4.52. The van der Waals surface area contributed by atoms with Crippen molar-refractivity contribution in [3.8, 4) is 17.2 Å². The van der Waals surface area contributed by atoms with Crippen molar-refractivity contribution in [3.05, 3.63) is 53.7 Å². The third kappa shape index (κ3) is 6.28. The number of carbonyl (C=O) groups is 2. The van der Waals surface area contributed by atoms with E-state index in [1.807, 2.05) is 6.92 Å². The lowest BCUT2D eigenvalue weighted by atomic mass is 9.78. The van der Waals surface area contributed by atoms with Crippen LogP contribution in [0, 0.1) is 30.6 Å². The highest BCUT2D eigenvalue weighted by Crippen LogP contribution is 2.51. The molecule has 5 rings (SSSR count). The molecular formula is C37H45NO11. The van der Waals surface area contributed by atoms with Gasteiger partial charge in [0.05, 0.1) is 35.5 Å². The summed E-state index contributed by atoms with van der Waals surface area (Å²) in [5.41, 5.74) is 1.30. The second-order valence-corrected chi connectivity index (χ2v) is 13.4. The summed E-state index contributed by atoms with van der Waals surface area (Å²) in [4.78, 5) is 30.8. The Morgan fingerprint density at radius 3 is 2.35 bits per heavy atom. The molecule has 12 nitrogen and oxygen atoms in total. The average Bonchev–Trinajstić information content (AvgIpc) is 3.60. The number of ketones is 1. The lowest BCUT2D eigenvalue weighted by Crippen LogP contribution is -2.46. The van der Waals surface area contributed by atoms with E-state index >= 15 is 0 Å². The predicted molar refractivity (Wildman–Crippen MR) is 181 cm³/mol. The predicted octanol–water partition coefficient (Wildman–Crippen LogP) is 5.71. The summed E-state index contributed by atoms with van der Waals surface area (Å²) in [6.45, 7) is 13.2. The number of methoxy groups -OCH3 is 1. The standard InChI is InChI=1S/C37H45NO11/c1-16-11-10-12-17(2)36-38-23-15-24(40)26-27(34(23)48-36)31(43)21(6)33-28(26)35(44)37(8,49-33)46-14-13-25(45-9)18(3)32(47-22(7)39)20(5)30(42)19(4)29(16)41/h10-16,18-20,25,29-30,32,40-43H,1-9H3/t16-,18+,19-,20-,25+,29-,30-,32+,37-/m0/s1. The van der Waals surface area contributed by atoms with Crippen LogP contribution in [0.1, 0.15) is 70.3 Å². The molecule has 0 amide bonds. The number of nitrogens with zero attached hydrogens (tertiary/aromatic N) is 1. The highest BCUT2D eigenvalue weighted by atomic mass is 16.7. The minimum atomic E-state index is -1.89. The minimum absolute atomic E-state index is 0.0169. The average molecular weight is 680 g/mol. The number of aromatic nitrogens is 1. The summed E-state index contributed by atoms with van der Waals surface area (Å²) in [5.74, 6) is -5.46. The van der Waals surface area contributed by atoms with E-state index < -0.39 is 59.7 Å². The fourth-order valence-corrected chi connectivity index (χ4v) is 6.89. The van der Waals surface area contributed by atoms with E-state index in [2.05, 4.69) is 4.98 Å². The van der Waals surface area contributed by atoms with Crippen molar-refractivity contribution in [2.45, 2.75) is 85.6 Å². The lowest BCUT2D eigenvalue weighted by Gasteiger charge is -2.38. The molecule has 1 aromatic heterocycles. The van der Waals surface area contributed by atoms with E-state index in [0.717, 1.165) is 0 Å². The molecule has 0 saturated carbocycles. The molecule has 12 heteroatoms. The van der Waals surface area contributed by atoms with Gasteiger partial charge in [-0.1, -0.05) is 45.9 Å². The van der Waals surface area contributed by atoms with E-state index in [-0.39, 0.29) is 62.1 Å². The zero-order valence-corrected chi connectivity index (χ0v) is 29.2. The third-order valence-electron chi connectivity index (χ3n) is 9.95. The fourth-order valence-electron chi connectivity index (χ4n) is 6.89. The maximum Gasteiger partial charge on any atom is 0.312 e. The number of benzene rings is 2. The van der Waals surface area contributed by atoms with Crippen molar-refractivity contribution in [1.82, 2.24) is 4.98 Å². The first-order valence-corrected chi connectivity index (χ1v) is 16.3. The Balaban J connectivity index is 1.68. The molecule has 0 radical (unpaired) electrons. The molecule has 49 heavy (non-hydrogen) atoms. The molecule has 3 heterocycles. The molecule has 2 aromatic carbocycles. The Bertz CT molecular complexity index is 1870. The van der Waals surface area contributed by atoms with Crippen LogP contribution in [-0.4, -0.2) is 74.5 Å². The van der Waals surface area contributed by atoms with Crippen LogP contribution in [0.25, 0.3) is 27.4 Å². The molecule has 3 aromatic rings. The van der Waals surface area contributed by atoms with Crippen LogP contribution in [0.4, 0.5) is 0 Å². The summed E-state index contributed by atoms with van der Waals surface area (Å²) in [5, 5.41) is 45.4. The topological polar surface area (TPSA) is 178 Å². The molecule has 0 saturated heterocycles. The van der Waals surface area contributed by atoms with E-state index in [9.17, 15) is 30.0 Å². The number of fused-ring (bicyclic) bond motifs is 2. The molecular weight excluding hydrogens is 634 g/mol. The normalized spacial score (nSPS) is 31.1. The number of phenols is 2. The van der Waals surface area contributed by atoms with Crippen molar-refractivity contribution in [2.75, 3.05) is 7.11 Å². The van der Waals surface area contributed by atoms with Crippen molar-refractivity contribution in [3.63, 3.8) is 0 Å². The third-order valence-corrected chi connectivity index (χ3v) is 9.95. The fraction of sp³-hybridized carbons (Fsp3) is 0.486. The van der Waals surface area contributed by atoms with Crippen LogP contribution in [0.3, 0.4) is 0 Å². The first-order valence-electron chi connectivity index (χ1n) is 16.3. The molecule has 0 fully saturated rings. The molecule has 6 bridgehead atoms. The number of oxazole rings is 1. The molecule has 2 aliphatic heterocycles. The van der Waals surface area contributed by atoms with Gasteiger partial charge in [0.1, 0.15) is 28.9 Å². The Kier molecular flexibility index (Phi) is 9.89. The van der Waals surface area contributed by atoms with Crippen LogP contribution >= 0.6 is 0 Å². The quantitative estimate of drug-likeness (QED) is 0.243. The van der Waals surface area contributed by atoms with Gasteiger partial charge in [-0.25, -0.2) is 4.98 Å². The summed E-state index contributed by atoms with van der Waals surface area (Å²) >= 11 is 0. The summed E-state index contributed by atoms with van der Waals surface area (Å²) in [6, 6.07) is 1.36. The van der Waals surface area contributed by atoms with Gasteiger partial charge in [0, 0.05) is 67.2 Å². The monoisotopic (exact) mass is 679 g/mol.